The number of carbonyl (C=O) groups excluding carboxylic acids is 1. The van der Waals surface area contributed by atoms with Crippen LogP contribution in [0.1, 0.15) is 5.56 Å². The summed E-state index contributed by atoms with van der Waals surface area (Å²) in [7, 11) is 1.89. The molecular formula is C19H15ClN2OS2. The number of allylic oxidation sites excluding steroid dienone is 1. The van der Waals surface area contributed by atoms with Crippen molar-refractivity contribution in [2.45, 2.75) is 10.6 Å². The summed E-state index contributed by atoms with van der Waals surface area (Å²) in [5, 5.41) is 10.9. The summed E-state index contributed by atoms with van der Waals surface area (Å²) < 4.78 is 0. The zero-order valence-electron chi connectivity index (χ0n) is 13.5. The first-order chi connectivity index (χ1) is 12.1. The molecule has 2 aromatic rings. The second-order valence-corrected chi connectivity index (χ2v) is 7.92. The van der Waals surface area contributed by atoms with Crippen LogP contribution in [-0.2, 0) is 10.5 Å². The van der Waals surface area contributed by atoms with Gasteiger partial charge in [0.2, 0.25) is 0 Å². The summed E-state index contributed by atoms with van der Waals surface area (Å²) in [5.41, 5.74) is 2.36. The molecule has 1 aliphatic rings. The van der Waals surface area contributed by atoms with E-state index in [1.165, 1.54) is 23.5 Å². The molecule has 0 bridgehead atoms. The number of thioether (sulfide) groups is 2. The van der Waals surface area contributed by atoms with Crippen molar-refractivity contribution in [2.75, 3.05) is 17.7 Å². The molecule has 0 fully saturated rings. The minimum absolute atomic E-state index is 0.136. The number of fused-ring (bicyclic) bond motifs is 1. The fourth-order valence-corrected chi connectivity index (χ4v) is 4.61. The van der Waals surface area contributed by atoms with Crippen molar-refractivity contribution in [3.63, 3.8) is 0 Å². The maximum Gasteiger partial charge on any atom is 0.185 e. The SMILES string of the molecule is CN1/C(=C(\C#N)C(=O)CSCc2ccc(Cl)cc2)Sc2ccccc21. The molecule has 0 aromatic heterocycles. The molecule has 1 aliphatic heterocycles. The lowest BCUT2D eigenvalue weighted by Crippen LogP contribution is -2.16. The molecule has 3 rings (SSSR count). The summed E-state index contributed by atoms with van der Waals surface area (Å²) in [5.74, 6) is 0.850. The van der Waals surface area contributed by atoms with Crippen LogP contribution in [0, 0.1) is 11.3 Å². The molecule has 2 aromatic carbocycles. The maximum atomic E-state index is 12.5. The molecule has 0 atom stereocenters. The van der Waals surface area contributed by atoms with E-state index in [4.69, 9.17) is 11.6 Å². The second kappa shape index (κ2) is 8.01. The van der Waals surface area contributed by atoms with Crippen LogP contribution in [0.4, 0.5) is 5.69 Å². The summed E-state index contributed by atoms with van der Waals surface area (Å²) in [4.78, 5) is 15.5. The van der Waals surface area contributed by atoms with Gasteiger partial charge >= 0.3 is 0 Å². The molecule has 1 heterocycles. The number of carbonyl (C=O) groups is 1. The Hall–Kier alpha value is -1.87. The van der Waals surface area contributed by atoms with E-state index < -0.39 is 0 Å². The number of Topliss-reactive ketones (excluding diaryl/α,β-unsaturated/α-hetero) is 1. The first-order valence-electron chi connectivity index (χ1n) is 7.60. The van der Waals surface area contributed by atoms with Crippen molar-refractivity contribution in [3.8, 4) is 6.07 Å². The fourth-order valence-electron chi connectivity index (χ4n) is 2.47. The van der Waals surface area contributed by atoms with Gasteiger partial charge in [-0.1, -0.05) is 47.6 Å². The van der Waals surface area contributed by atoms with Crippen molar-refractivity contribution in [1.29, 1.82) is 5.26 Å². The molecule has 0 N–H and O–H groups in total. The van der Waals surface area contributed by atoms with Gasteiger partial charge in [-0.3, -0.25) is 4.79 Å². The number of halogens is 1. The predicted molar refractivity (Wildman–Crippen MR) is 106 cm³/mol. The molecule has 0 spiro atoms. The first kappa shape index (κ1) is 17.9. The number of rotatable bonds is 5. The molecule has 0 amide bonds. The molecule has 126 valence electrons. The van der Waals surface area contributed by atoms with Gasteiger partial charge in [-0.25, -0.2) is 0 Å². The monoisotopic (exact) mass is 386 g/mol. The third kappa shape index (κ3) is 4.04. The van der Waals surface area contributed by atoms with Crippen molar-refractivity contribution in [3.05, 3.63) is 69.7 Å². The average Bonchev–Trinajstić information content (AvgIpc) is 2.94. The van der Waals surface area contributed by atoms with Crippen molar-refractivity contribution >= 4 is 46.6 Å². The lowest BCUT2D eigenvalue weighted by atomic mass is 10.2. The molecule has 0 saturated heterocycles. The summed E-state index contributed by atoms with van der Waals surface area (Å²) in [6.45, 7) is 0. The standard InChI is InChI=1S/C19H15ClN2OS2/c1-22-16-4-2-3-5-18(16)25-19(22)15(10-21)17(23)12-24-11-13-6-8-14(20)9-7-13/h2-9H,11-12H2,1H3/b19-15-. The highest BCUT2D eigenvalue weighted by atomic mass is 35.5. The Balaban J connectivity index is 1.68. The highest BCUT2D eigenvalue weighted by molar-refractivity contribution is 8.03. The second-order valence-electron chi connectivity index (χ2n) is 5.46. The first-order valence-corrected chi connectivity index (χ1v) is 9.95. The number of nitrogens with zero attached hydrogens (tertiary/aromatic N) is 2. The Morgan fingerprint density at radius 2 is 1.96 bits per heavy atom. The number of hydrogen-bond acceptors (Lipinski definition) is 5. The normalized spacial score (nSPS) is 14.8. The van der Waals surface area contributed by atoms with Crippen LogP contribution in [-0.4, -0.2) is 18.6 Å². The van der Waals surface area contributed by atoms with Gasteiger partial charge in [0.1, 0.15) is 16.7 Å². The van der Waals surface area contributed by atoms with Gasteiger partial charge < -0.3 is 4.90 Å². The lowest BCUT2D eigenvalue weighted by Gasteiger charge is -2.14. The quantitative estimate of drug-likeness (QED) is 0.527. The summed E-state index contributed by atoms with van der Waals surface area (Å²) >= 11 is 8.85. The zero-order valence-corrected chi connectivity index (χ0v) is 15.9. The van der Waals surface area contributed by atoms with E-state index >= 15 is 0 Å². The van der Waals surface area contributed by atoms with Gasteiger partial charge in [-0.15, -0.1) is 11.8 Å². The number of ketones is 1. The number of nitriles is 1. The average molecular weight is 387 g/mol. The Labute approximate surface area is 160 Å². The van der Waals surface area contributed by atoms with Crippen LogP contribution in [0.5, 0.6) is 0 Å². The van der Waals surface area contributed by atoms with Crippen LogP contribution >= 0.6 is 35.1 Å². The Morgan fingerprint density at radius 3 is 2.64 bits per heavy atom. The molecule has 3 nitrogen and oxygen atoms in total. The van der Waals surface area contributed by atoms with Crippen molar-refractivity contribution < 1.29 is 4.79 Å². The number of hydrogen-bond donors (Lipinski definition) is 0. The van der Waals surface area contributed by atoms with E-state index in [2.05, 4.69) is 6.07 Å². The molecule has 0 unspecified atom stereocenters. The van der Waals surface area contributed by atoms with Crippen LogP contribution in [0.3, 0.4) is 0 Å². The Kier molecular flexibility index (Phi) is 5.74. The van der Waals surface area contributed by atoms with Gasteiger partial charge in [-0.2, -0.15) is 5.26 Å². The van der Waals surface area contributed by atoms with Crippen LogP contribution in [0.25, 0.3) is 0 Å². The summed E-state index contributed by atoms with van der Waals surface area (Å²) in [6.07, 6.45) is 0. The van der Waals surface area contributed by atoms with Gasteiger partial charge in [0, 0.05) is 22.7 Å². The molecule has 0 radical (unpaired) electrons. The van der Waals surface area contributed by atoms with Gasteiger partial charge in [0.15, 0.2) is 5.78 Å². The van der Waals surface area contributed by atoms with Crippen LogP contribution < -0.4 is 4.90 Å². The smallest absolute Gasteiger partial charge is 0.185 e. The largest absolute Gasteiger partial charge is 0.337 e. The van der Waals surface area contributed by atoms with Gasteiger partial charge in [-0.05, 0) is 29.8 Å². The van der Waals surface area contributed by atoms with E-state index in [0.717, 1.165) is 16.1 Å². The highest BCUT2D eigenvalue weighted by Crippen LogP contribution is 2.46. The molecule has 25 heavy (non-hydrogen) atoms. The van der Waals surface area contributed by atoms with Crippen LogP contribution in [0.2, 0.25) is 5.02 Å². The van der Waals surface area contributed by atoms with E-state index in [9.17, 15) is 10.1 Å². The van der Waals surface area contributed by atoms with E-state index in [0.29, 0.717) is 15.8 Å². The summed E-state index contributed by atoms with van der Waals surface area (Å²) in [6, 6.07) is 17.6. The van der Waals surface area contributed by atoms with E-state index in [-0.39, 0.29) is 17.1 Å². The third-order valence-corrected chi connectivity index (χ3v) is 6.25. The number of para-hydroxylation sites is 1. The lowest BCUT2D eigenvalue weighted by molar-refractivity contribution is -0.112. The number of anilines is 1. The number of benzene rings is 2. The minimum atomic E-state index is -0.136. The van der Waals surface area contributed by atoms with Crippen LogP contribution in [0.15, 0.2) is 64.0 Å². The molecule has 6 heteroatoms. The van der Waals surface area contributed by atoms with Crippen molar-refractivity contribution in [1.82, 2.24) is 0 Å². The molecule has 0 saturated carbocycles. The minimum Gasteiger partial charge on any atom is -0.337 e. The predicted octanol–water partition coefficient (Wildman–Crippen LogP) is 5.12. The Bertz CT molecular complexity index is 872. The fraction of sp³-hybridized carbons (Fsp3) is 0.158. The van der Waals surface area contributed by atoms with Crippen molar-refractivity contribution in [2.24, 2.45) is 0 Å². The zero-order chi connectivity index (χ0) is 17.8. The van der Waals surface area contributed by atoms with Gasteiger partial charge in [0.25, 0.3) is 0 Å². The van der Waals surface area contributed by atoms with E-state index in [1.54, 1.807) is 0 Å². The topological polar surface area (TPSA) is 44.1 Å². The van der Waals surface area contributed by atoms with E-state index in [1.807, 2.05) is 60.5 Å². The molecule has 0 aliphatic carbocycles. The van der Waals surface area contributed by atoms with Gasteiger partial charge in [0.05, 0.1) is 11.4 Å². The third-order valence-electron chi connectivity index (χ3n) is 3.76. The maximum absolute atomic E-state index is 12.5. The molecular weight excluding hydrogens is 372 g/mol. The Morgan fingerprint density at radius 1 is 1.24 bits per heavy atom. The highest BCUT2D eigenvalue weighted by Gasteiger charge is 2.27.